The van der Waals surface area contributed by atoms with Gasteiger partial charge in [-0.25, -0.2) is 4.68 Å². The zero-order valence-corrected chi connectivity index (χ0v) is 12.9. The maximum absolute atomic E-state index is 9.52. The van der Waals surface area contributed by atoms with E-state index in [2.05, 4.69) is 10.4 Å². The monoisotopic (exact) mass is 315 g/mol. The van der Waals surface area contributed by atoms with Crippen molar-refractivity contribution in [1.82, 2.24) is 9.78 Å². The minimum absolute atomic E-state index is 0.117. The summed E-state index contributed by atoms with van der Waals surface area (Å²) in [5.74, 6) is 0.583. The third-order valence-electron chi connectivity index (χ3n) is 2.97. The van der Waals surface area contributed by atoms with E-state index in [9.17, 15) is 5.11 Å². The topological polar surface area (TPSA) is 59.3 Å². The van der Waals surface area contributed by atoms with Crippen LogP contribution in [-0.2, 0) is 13.6 Å². The van der Waals surface area contributed by atoms with Crippen molar-refractivity contribution in [3.8, 4) is 11.6 Å². The first-order chi connectivity index (χ1) is 9.43. The van der Waals surface area contributed by atoms with E-state index in [1.807, 2.05) is 14.0 Å². The number of methoxy groups -OCH3 is 1. The Labute approximate surface area is 127 Å². The van der Waals surface area contributed by atoms with Gasteiger partial charge in [-0.15, -0.1) is 0 Å². The average molecular weight is 316 g/mol. The number of aromatic hydroxyl groups is 1. The van der Waals surface area contributed by atoms with Crippen molar-refractivity contribution in [2.75, 3.05) is 12.4 Å². The van der Waals surface area contributed by atoms with E-state index in [1.165, 1.54) is 0 Å². The summed E-state index contributed by atoms with van der Waals surface area (Å²) in [5.41, 5.74) is 2.55. The standard InChI is InChI=1S/C13H15Cl2N3O2/c1-7-9(13(20-3)18(2)17-7)6-16-8-4-10(14)12(19)11(15)5-8/h4-5,16,19H,6H2,1-3H3. The number of nitrogens with zero attached hydrogens (tertiary/aromatic N) is 2. The number of aromatic nitrogens is 2. The second-order valence-electron chi connectivity index (χ2n) is 4.34. The number of phenolic OH excluding ortho intramolecular Hbond substituents is 1. The molecule has 0 aliphatic rings. The molecule has 0 saturated heterocycles. The van der Waals surface area contributed by atoms with Crippen LogP contribution in [0, 0.1) is 6.92 Å². The highest BCUT2D eigenvalue weighted by atomic mass is 35.5. The fraction of sp³-hybridized carbons (Fsp3) is 0.308. The Bertz CT molecular complexity index is 618. The third-order valence-corrected chi connectivity index (χ3v) is 3.54. The molecule has 0 radical (unpaired) electrons. The summed E-state index contributed by atoms with van der Waals surface area (Å²) < 4.78 is 7.00. The molecule has 5 nitrogen and oxygen atoms in total. The molecule has 1 heterocycles. The lowest BCUT2D eigenvalue weighted by Gasteiger charge is -2.10. The molecule has 108 valence electrons. The van der Waals surface area contributed by atoms with Crippen LogP contribution >= 0.6 is 23.2 Å². The Kier molecular flexibility index (Phi) is 4.30. The Balaban J connectivity index is 2.21. The van der Waals surface area contributed by atoms with Gasteiger partial charge in [0.25, 0.3) is 0 Å². The van der Waals surface area contributed by atoms with Gasteiger partial charge >= 0.3 is 0 Å². The molecule has 0 unspecified atom stereocenters. The molecule has 2 rings (SSSR count). The maximum atomic E-state index is 9.52. The minimum Gasteiger partial charge on any atom is -0.505 e. The predicted molar refractivity (Wildman–Crippen MR) is 80.0 cm³/mol. The first kappa shape index (κ1) is 14.8. The van der Waals surface area contributed by atoms with Gasteiger partial charge in [-0.3, -0.25) is 0 Å². The van der Waals surface area contributed by atoms with Crippen LogP contribution in [0.4, 0.5) is 5.69 Å². The number of ether oxygens (including phenoxy) is 1. The largest absolute Gasteiger partial charge is 0.505 e. The van der Waals surface area contributed by atoms with E-state index in [0.29, 0.717) is 18.1 Å². The Morgan fingerprint density at radius 3 is 2.50 bits per heavy atom. The second-order valence-corrected chi connectivity index (χ2v) is 5.15. The van der Waals surface area contributed by atoms with E-state index in [-0.39, 0.29) is 15.8 Å². The van der Waals surface area contributed by atoms with Crippen molar-refractivity contribution < 1.29 is 9.84 Å². The van der Waals surface area contributed by atoms with Crippen molar-refractivity contribution in [2.45, 2.75) is 13.5 Å². The Hall–Kier alpha value is -1.59. The van der Waals surface area contributed by atoms with Crippen LogP contribution in [0.5, 0.6) is 11.6 Å². The van der Waals surface area contributed by atoms with Gasteiger partial charge in [-0.2, -0.15) is 5.10 Å². The number of aryl methyl sites for hydroxylation is 2. The van der Waals surface area contributed by atoms with Gasteiger partial charge in [0.2, 0.25) is 5.88 Å². The number of hydrogen-bond acceptors (Lipinski definition) is 4. The maximum Gasteiger partial charge on any atom is 0.216 e. The van der Waals surface area contributed by atoms with Crippen molar-refractivity contribution in [1.29, 1.82) is 0 Å². The molecule has 0 fully saturated rings. The molecule has 0 aliphatic heterocycles. The van der Waals surface area contributed by atoms with E-state index >= 15 is 0 Å². The van der Waals surface area contributed by atoms with Crippen LogP contribution in [0.1, 0.15) is 11.3 Å². The highest BCUT2D eigenvalue weighted by Gasteiger charge is 2.14. The number of anilines is 1. The van der Waals surface area contributed by atoms with E-state index in [1.54, 1.807) is 23.9 Å². The summed E-state index contributed by atoms with van der Waals surface area (Å²) >= 11 is 11.8. The first-order valence-corrected chi connectivity index (χ1v) is 6.68. The smallest absolute Gasteiger partial charge is 0.216 e. The number of benzene rings is 1. The highest BCUT2D eigenvalue weighted by molar-refractivity contribution is 6.37. The van der Waals surface area contributed by atoms with Gasteiger partial charge in [0, 0.05) is 19.3 Å². The lowest BCUT2D eigenvalue weighted by atomic mass is 10.2. The summed E-state index contributed by atoms with van der Waals surface area (Å²) in [6.07, 6.45) is 0. The summed E-state index contributed by atoms with van der Waals surface area (Å²) in [5, 5.41) is 17.4. The van der Waals surface area contributed by atoms with Crippen LogP contribution in [0.25, 0.3) is 0 Å². The van der Waals surface area contributed by atoms with Gasteiger partial charge in [0.05, 0.1) is 28.4 Å². The van der Waals surface area contributed by atoms with Crippen LogP contribution in [-0.4, -0.2) is 22.0 Å². The molecule has 7 heteroatoms. The summed E-state index contributed by atoms with van der Waals surface area (Å²) in [6.45, 7) is 2.43. The lowest BCUT2D eigenvalue weighted by molar-refractivity contribution is 0.370. The number of hydrogen-bond donors (Lipinski definition) is 2. The van der Waals surface area contributed by atoms with Gasteiger partial charge in [-0.1, -0.05) is 23.2 Å². The summed E-state index contributed by atoms with van der Waals surface area (Å²) in [4.78, 5) is 0. The quantitative estimate of drug-likeness (QED) is 0.849. The Morgan fingerprint density at radius 2 is 1.95 bits per heavy atom. The molecule has 0 spiro atoms. The summed E-state index contributed by atoms with van der Waals surface area (Å²) in [6, 6.07) is 3.22. The minimum atomic E-state index is -0.117. The third kappa shape index (κ3) is 2.78. The van der Waals surface area contributed by atoms with Gasteiger partial charge in [0.15, 0.2) is 5.75 Å². The molecule has 0 saturated carbocycles. The van der Waals surface area contributed by atoms with E-state index in [0.717, 1.165) is 11.3 Å². The molecule has 0 atom stereocenters. The zero-order chi connectivity index (χ0) is 14.9. The molecule has 20 heavy (non-hydrogen) atoms. The molecule has 1 aromatic heterocycles. The van der Waals surface area contributed by atoms with Crippen LogP contribution in [0.3, 0.4) is 0 Å². The molecule has 0 bridgehead atoms. The number of halogens is 2. The molecule has 1 aromatic carbocycles. The van der Waals surface area contributed by atoms with Crippen molar-refractivity contribution in [2.24, 2.45) is 7.05 Å². The average Bonchev–Trinajstić information content (AvgIpc) is 2.67. The van der Waals surface area contributed by atoms with E-state index in [4.69, 9.17) is 27.9 Å². The molecular formula is C13H15Cl2N3O2. The SMILES string of the molecule is COc1c(CNc2cc(Cl)c(O)c(Cl)c2)c(C)nn1C. The molecule has 2 N–H and O–H groups in total. The fourth-order valence-corrected chi connectivity index (χ4v) is 2.48. The zero-order valence-electron chi connectivity index (χ0n) is 11.4. The summed E-state index contributed by atoms with van der Waals surface area (Å²) in [7, 11) is 3.43. The van der Waals surface area contributed by atoms with Crippen LogP contribution < -0.4 is 10.1 Å². The lowest BCUT2D eigenvalue weighted by Crippen LogP contribution is -2.03. The molecule has 2 aromatic rings. The Morgan fingerprint density at radius 1 is 1.35 bits per heavy atom. The predicted octanol–water partition coefficient (Wildman–Crippen LogP) is 3.36. The number of phenols is 1. The fourth-order valence-electron chi connectivity index (χ4n) is 2.00. The molecular weight excluding hydrogens is 301 g/mol. The number of rotatable bonds is 4. The normalized spacial score (nSPS) is 10.7. The highest BCUT2D eigenvalue weighted by Crippen LogP contribution is 2.35. The van der Waals surface area contributed by atoms with Gasteiger partial charge in [0.1, 0.15) is 0 Å². The molecule has 0 aliphatic carbocycles. The second kappa shape index (κ2) is 5.81. The van der Waals surface area contributed by atoms with Crippen LogP contribution in [0.2, 0.25) is 10.0 Å². The number of nitrogens with one attached hydrogen (secondary N) is 1. The van der Waals surface area contributed by atoms with Gasteiger partial charge < -0.3 is 15.2 Å². The van der Waals surface area contributed by atoms with Gasteiger partial charge in [-0.05, 0) is 19.1 Å². The van der Waals surface area contributed by atoms with Crippen molar-refractivity contribution in [3.63, 3.8) is 0 Å². The van der Waals surface area contributed by atoms with E-state index < -0.39 is 0 Å². The molecule has 0 amide bonds. The first-order valence-electron chi connectivity index (χ1n) is 5.92. The van der Waals surface area contributed by atoms with Crippen LogP contribution in [0.15, 0.2) is 12.1 Å². The van der Waals surface area contributed by atoms with Crippen molar-refractivity contribution in [3.05, 3.63) is 33.4 Å². The van der Waals surface area contributed by atoms with Crippen molar-refractivity contribution >= 4 is 28.9 Å².